The molecule has 1 rings (SSSR count). The summed E-state index contributed by atoms with van der Waals surface area (Å²) >= 11 is 5.55. The number of aliphatic hydroxyl groups is 1. The van der Waals surface area contributed by atoms with E-state index >= 15 is 0 Å². The molecular formula is C11H16Cl2FNO. The summed E-state index contributed by atoms with van der Waals surface area (Å²) < 4.78 is 13.1. The molecule has 0 aromatic heterocycles. The Kier molecular flexibility index (Phi) is 6.26. The topological polar surface area (TPSA) is 46.2 Å². The molecule has 0 fully saturated rings. The Morgan fingerprint density at radius 1 is 1.38 bits per heavy atom. The number of hydrogen-bond acceptors (Lipinski definition) is 2. The van der Waals surface area contributed by atoms with E-state index in [0.29, 0.717) is 5.56 Å². The van der Waals surface area contributed by atoms with Gasteiger partial charge in [0.25, 0.3) is 0 Å². The molecule has 2 atom stereocenters. The first-order valence-electron chi connectivity index (χ1n) is 4.82. The van der Waals surface area contributed by atoms with Crippen LogP contribution in [0.25, 0.3) is 0 Å². The van der Waals surface area contributed by atoms with Gasteiger partial charge >= 0.3 is 0 Å². The van der Waals surface area contributed by atoms with Gasteiger partial charge in [-0.25, -0.2) is 4.39 Å². The number of hydrogen-bond donors (Lipinski definition) is 2. The molecule has 0 spiro atoms. The van der Waals surface area contributed by atoms with Crippen molar-refractivity contribution in [3.63, 3.8) is 0 Å². The predicted octanol–water partition coefficient (Wildman–Crippen LogP) is 2.92. The third kappa shape index (κ3) is 3.59. The zero-order valence-corrected chi connectivity index (χ0v) is 10.7. The summed E-state index contributed by atoms with van der Waals surface area (Å²) in [4.78, 5) is 0. The highest BCUT2D eigenvalue weighted by Gasteiger charge is 2.20. The van der Waals surface area contributed by atoms with E-state index in [4.69, 9.17) is 17.3 Å². The minimum atomic E-state index is -0.689. The molecular weight excluding hydrogens is 252 g/mol. The fraction of sp³-hybridized carbons (Fsp3) is 0.455. The molecule has 0 radical (unpaired) electrons. The Morgan fingerprint density at radius 3 is 2.38 bits per heavy atom. The summed E-state index contributed by atoms with van der Waals surface area (Å²) in [6.45, 7) is 3.72. The van der Waals surface area contributed by atoms with E-state index < -0.39 is 18.0 Å². The fourth-order valence-corrected chi connectivity index (χ4v) is 1.45. The van der Waals surface area contributed by atoms with Crippen LogP contribution >= 0.6 is 24.0 Å². The second-order valence-electron chi connectivity index (χ2n) is 3.93. The van der Waals surface area contributed by atoms with E-state index in [-0.39, 0.29) is 23.3 Å². The fourth-order valence-electron chi connectivity index (χ4n) is 1.33. The van der Waals surface area contributed by atoms with Gasteiger partial charge in [0, 0.05) is 0 Å². The van der Waals surface area contributed by atoms with E-state index in [1.165, 1.54) is 12.1 Å². The summed E-state index contributed by atoms with van der Waals surface area (Å²) in [7, 11) is 0. The normalized spacial score (nSPS) is 14.4. The summed E-state index contributed by atoms with van der Waals surface area (Å²) in [6, 6.07) is 3.75. The van der Waals surface area contributed by atoms with Crippen molar-refractivity contribution in [2.45, 2.75) is 26.0 Å². The van der Waals surface area contributed by atoms with Crippen molar-refractivity contribution in [2.75, 3.05) is 0 Å². The van der Waals surface area contributed by atoms with Crippen molar-refractivity contribution in [2.24, 2.45) is 11.7 Å². The molecule has 0 bridgehead atoms. The van der Waals surface area contributed by atoms with Gasteiger partial charge in [-0.1, -0.05) is 31.5 Å². The van der Waals surface area contributed by atoms with Crippen molar-refractivity contribution in [3.05, 3.63) is 34.6 Å². The Labute approximate surface area is 106 Å². The molecule has 16 heavy (non-hydrogen) atoms. The van der Waals surface area contributed by atoms with Gasteiger partial charge in [0.15, 0.2) is 0 Å². The molecule has 0 amide bonds. The van der Waals surface area contributed by atoms with Gasteiger partial charge in [0.1, 0.15) is 5.82 Å². The van der Waals surface area contributed by atoms with Crippen LogP contribution in [0.3, 0.4) is 0 Å². The molecule has 0 aliphatic carbocycles. The van der Waals surface area contributed by atoms with Crippen LogP contribution in [0, 0.1) is 11.7 Å². The van der Waals surface area contributed by atoms with E-state index in [1.807, 2.05) is 13.8 Å². The average molecular weight is 268 g/mol. The largest absolute Gasteiger partial charge is 0.391 e. The minimum absolute atomic E-state index is 0. The van der Waals surface area contributed by atoms with Crippen LogP contribution in [0.15, 0.2) is 18.2 Å². The Hall–Kier alpha value is -0.350. The number of halogens is 3. The van der Waals surface area contributed by atoms with Crippen LogP contribution in [-0.2, 0) is 0 Å². The molecule has 0 saturated carbocycles. The van der Waals surface area contributed by atoms with Crippen molar-refractivity contribution in [1.82, 2.24) is 0 Å². The summed E-state index contributed by atoms with van der Waals surface area (Å²) in [5, 5.41) is 9.79. The van der Waals surface area contributed by atoms with Gasteiger partial charge in [-0.2, -0.15) is 0 Å². The maximum Gasteiger partial charge on any atom is 0.142 e. The quantitative estimate of drug-likeness (QED) is 0.885. The Morgan fingerprint density at radius 2 is 1.94 bits per heavy atom. The second kappa shape index (κ2) is 6.40. The highest BCUT2D eigenvalue weighted by Crippen LogP contribution is 2.23. The number of aliphatic hydroxyl groups excluding tert-OH is 1. The lowest BCUT2D eigenvalue weighted by Gasteiger charge is -2.22. The van der Waals surface area contributed by atoms with Crippen molar-refractivity contribution < 1.29 is 9.50 Å². The monoisotopic (exact) mass is 267 g/mol. The summed E-state index contributed by atoms with van der Waals surface area (Å²) in [6.07, 6.45) is -0.689. The van der Waals surface area contributed by atoms with Crippen LogP contribution < -0.4 is 5.73 Å². The lowest BCUT2D eigenvalue weighted by atomic mass is 9.94. The van der Waals surface area contributed by atoms with Crippen molar-refractivity contribution >= 4 is 24.0 Å². The second-order valence-corrected chi connectivity index (χ2v) is 4.34. The first-order chi connectivity index (χ1) is 6.93. The van der Waals surface area contributed by atoms with Gasteiger partial charge in [-0.3, -0.25) is 0 Å². The van der Waals surface area contributed by atoms with E-state index in [0.717, 1.165) is 0 Å². The van der Waals surface area contributed by atoms with E-state index in [1.54, 1.807) is 6.07 Å². The first-order valence-corrected chi connectivity index (χ1v) is 5.20. The zero-order chi connectivity index (χ0) is 11.6. The molecule has 5 heteroatoms. The van der Waals surface area contributed by atoms with E-state index in [9.17, 15) is 9.50 Å². The SMILES string of the molecule is CC(C)[C@@H](O)[C@@H](N)c1ccc(Cl)c(F)c1.Cl. The smallest absolute Gasteiger partial charge is 0.142 e. The third-order valence-corrected chi connectivity index (χ3v) is 2.69. The molecule has 2 nitrogen and oxygen atoms in total. The molecule has 1 aromatic rings. The lowest BCUT2D eigenvalue weighted by Crippen LogP contribution is -2.30. The zero-order valence-electron chi connectivity index (χ0n) is 9.15. The van der Waals surface area contributed by atoms with Crippen molar-refractivity contribution in [1.29, 1.82) is 0 Å². The molecule has 0 heterocycles. The highest BCUT2D eigenvalue weighted by molar-refractivity contribution is 6.30. The number of nitrogens with two attached hydrogens (primary N) is 1. The van der Waals surface area contributed by atoms with Crippen LogP contribution in [0.1, 0.15) is 25.5 Å². The van der Waals surface area contributed by atoms with Crippen LogP contribution in [0.2, 0.25) is 5.02 Å². The minimum Gasteiger partial charge on any atom is -0.391 e. The number of rotatable bonds is 3. The lowest BCUT2D eigenvalue weighted by molar-refractivity contribution is 0.0978. The van der Waals surface area contributed by atoms with E-state index in [2.05, 4.69) is 0 Å². The van der Waals surface area contributed by atoms with Gasteiger partial charge in [0.05, 0.1) is 17.2 Å². The van der Waals surface area contributed by atoms with Crippen LogP contribution in [0.5, 0.6) is 0 Å². The molecule has 3 N–H and O–H groups in total. The van der Waals surface area contributed by atoms with Gasteiger partial charge < -0.3 is 10.8 Å². The van der Waals surface area contributed by atoms with Crippen LogP contribution in [0.4, 0.5) is 4.39 Å². The summed E-state index contributed by atoms with van der Waals surface area (Å²) in [5.41, 5.74) is 6.35. The molecule has 0 aliphatic rings. The highest BCUT2D eigenvalue weighted by atomic mass is 35.5. The molecule has 0 aliphatic heterocycles. The average Bonchev–Trinajstić information content (AvgIpc) is 2.19. The van der Waals surface area contributed by atoms with Gasteiger partial charge in [0.2, 0.25) is 0 Å². The van der Waals surface area contributed by atoms with Gasteiger partial charge in [-0.15, -0.1) is 12.4 Å². The first kappa shape index (κ1) is 15.7. The van der Waals surface area contributed by atoms with Crippen LogP contribution in [-0.4, -0.2) is 11.2 Å². The predicted molar refractivity (Wildman–Crippen MR) is 66.4 cm³/mol. The summed E-state index contributed by atoms with van der Waals surface area (Å²) in [5.74, 6) is -0.487. The van der Waals surface area contributed by atoms with Gasteiger partial charge in [-0.05, 0) is 23.6 Å². The van der Waals surface area contributed by atoms with Crippen molar-refractivity contribution in [3.8, 4) is 0 Å². The standard InChI is InChI=1S/C11H15ClFNO.ClH/c1-6(2)11(15)10(14)7-3-4-8(12)9(13)5-7;/h3-6,10-11,15H,14H2,1-2H3;1H/t10-,11+;/m0./s1. The maximum atomic E-state index is 13.1. The molecule has 1 aromatic carbocycles. The Balaban J connectivity index is 0.00000225. The molecule has 0 saturated heterocycles. The Bertz CT molecular complexity index is 347. The maximum absolute atomic E-state index is 13.1. The molecule has 92 valence electrons. The molecule has 0 unspecified atom stereocenters. The third-order valence-electron chi connectivity index (χ3n) is 2.38. The number of benzene rings is 1.